The molecule has 1 aromatic carbocycles. The zero-order valence-corrected chi connectivity index (χ0v) is 13.4. The molecule has 1 fully saturated rings. The highest BCUT2D eigenvalue weighted by atomic mass is 16.5. The van der Waals surface area contributed by atoms with E-state index in [1.807, 2.05) is 18.2 Å². The number of nitrogens with two attached hydrogens (primary N) is 1. The Labute approximate surface area is 127 Å². The average molecular weight is 294 g/mol. The number of rotatable bonds is 5. The van der Waals surface area contributed by atoms with Crippen molar-refractivity contribution in [1.29, 1.82) is 0 Å². The van der Waals surface area contributed by atoms with Gasteiger partial charge in [-0.25, -0.2) is 0 Å². The summed E-state index contributed by atoms with van der Waals surface area (Å²) >= 11 is 0. The molecule has 0 spiro atoms. The van der Waals surface area contributed by atoms with Gasteiger partial charge in [-0.05, 0) is 31.5 Å². The minimum absolute atomic E-state index is 0.115. The van der Waals surface area contributed by atoms with E-state index in [1.165, 1.54) is 0 Å². The van der Waals surface area contributed by atoms with Gasteiger partial charge in [0.1, 0.15) is 0 Å². The smallest absolute Gasteiger partial charge is 0.161 e. The number of methoxy groups -OCH3 is 2. The average Bonchev–Trinajstić information content (AvgIpc) is 2.54. The third-order valence-electron chi connectivity index (χ3n) is 4.35. The van der Waals surface area contributed by atoms with Gasteiger partial charge in [-0.2, -0.15) is 0 Å². The van der Waals surface area contributed by atoms with Crippen molar-refractivity contribution >= 4 is 0 Å². The van der Waals surface area contributed by atoms with Gasteiger partial charge in [0, 0.05) is 24.7 Å². The van der Waals surface area contributed by atoms with Crippen molar-refractivity contribution in [2.24, 2.45) is 5.73 Å². The highest BCUT2D eigenvalue weighted by Crippen LogP contribution is 2.35. The van der Waals surface area contributed by atoms with Crippen LogP contribution in [0.4, 0.5) is 0 Å². The summed E-state index contributed by atoms with van der Waals surface area (Å²) in [7, 11) is 3.27. The Morgan fingerprint density at radius 3 is 2.33 bits per heavy atom. The standard InChI is InChI=1S/C16H26N2O3/c1-16(2,18-7-9-21-10-8-18)15(17)12-5-6-13(19-3)14(11-12)20-4/h5-6,11,15H,7-10,17H2,1-4H3. The Morgan fingerprint density at radius 1 is 1.14 bits per heavy atom. The van der Waals surface area contributed by atoms with Gasteiger partial charge >= 0.3 is 0 Å². The maximum atomic E-state index is 6.54. The van der Waals surface area contributed by atoms with E-state index in [0.29, 0.717) is 5.75 Å². The van der Waals surface area contributed by atoms with Crippen molar-refractivity contribution in [2.45, 2.75) is 25.4 Å². The van der Waals surface area contributed by atoms with Crippen LogP contribution in [0.15, 0.2) is 18.2 Å². The number of morpholine rings is 1. The summed E-state index contributed by atoms with van der Waals surface area (Å²) in [5, 5.41) is 0. The maximum absolute atomic E-state index is 6.54. The Hall–Kier alpha value is -1.30. The summed E-state index contributed by atoms with van der Waals surface area (Å²) in [4.78, 5) is 2.39. The maximum Gasteiger partial charge on any atom is 0.161 e. The van der Waals surface area contributed by atoms with Crippen LogP contribution < -0.4 is 15.2 Å². The third kappa shape index (κ3) is 3.31. The number of ether oxygens (including phenoxy) is 3. The van der Waals surface area contributed by atoms with Crippen molar-refractivity contribution in [3.8, 4) is 11.5 Å². The minimum Gasteiger partial charge on any atom is -0.493 e. The fourth-order valence-electron chi connectivity index (χ4n) is 2.79. The molecule has 21 heavy (non-hydrogen) atoms. The summed E-state index contributed by atoms with van der Waals surface area (Å²) < 4.78 is 16.1. The minimum atomic E-state index is -0.149. The number of nitrogens with zero attached hydrogens (tertiary/aromatic N) is 1. The van der Waals surface area contributed by atoms with Gasteiger partial charge in [0.05, 0.1) is 27.4 Å². The predicted molar refractivity (Wildman–Crippen MR) is 82.9 cm³/mol. The van der Waals surface area contributed by atoms with Crippen LogP contribution in [0, 0.1) is 0 Å². The zero-order valence-electron chi connectivity index (χ0n) is 13.4. The molecule has 118 valence electrons. The van der Waals surface area contributed by atoms with E-state index in [0.717, 1.165) is 37.6 Å². The Kier molecular flexibility index (Phi) is 5.08. The molecule has 0 aliphatic carbocycles. The van der Waals surface area contributed by atoms with Gasteiger partial charge < -0.3 is 19.9 Å². The van der Waals surface area contributed by atoms with E-state index in [1.54, 1.807) is 14.2 Å². The van der Waals surface area contributed by atoms with E-state index in [-0.39, 0.29) is 11.6 Å². The third-order valence-corrected chi connectivity index (χ3v) is 4.35. The van der Waals surface area contributed by atoms with Crippen LogP contribution >= 0.6 is 0 Å². The lowest BCUT2D eigenvalue weighted by Gasteiger charge is -2.44. The molecule has 1 heterocycles. The first-order chi connectivity index (χ1) is 10.0. The van der Waals surface area contributed by atoms with Gasteiger partial charge in [0.2, 0.25) is 0 Å². The molecule has 1 atom stereocenters. The molecule has 0 bridgehead atoms. The molecule has 2 N–H and O–H groups in total. The second-order valence-electron chi connectivity index (χ2n) is 5.85. The molecule has 1 saturated heterocycles. The fourth-order valence-corrected chi connectivity index (χ4v) is 2.79. The lowest BCUT2D eigenvalue weighted by Crippen LogP contribution is -2.55. The van der Waals surface area contributed by atoms with Gasteiger partial charge in [-0.15, -0.1) is 0 Å². The van der Waals surface area contributed by atoms with Crippen LogP contribution in [0.1, 0.15) is 25.5 Å². The molecule has 0 saturated carbocycles. The first-order valence-corrected chi connectivity index (χ1v) is 7.31. The molecule has 1 unspecified atom stereocenters. The van der Waals surface area contributed by atoms with Crippen molar-refractivity contribution in [2.75, 3.05) is 40.5 Å². The summed E-state index contributed by atoms with van der Waals surface area (Å²) in [6.07, 6.45) is 0. The highest BCUT2D eigenvalue weighted by molar-refractivity contribution is 5.44. The van der Waals surface area contributed by atoms with Crippen molar-refractivity contribution in [3.05, 3.63) is 23.8 Å². The van der Waals surface area contributed by atoms with E-state index >= 15 is 0 Å². The van der Waals surface area contributed by atoms with E-state index in [9.17, 15) is 0 Å². The first-order valence-electron chi connectivity index (χ1n) is 7.31. The summed E-state index contributed by atoms with van der Waals surface area (Å²) in [6.45, 7) is 7.71. The normalized spacial score (nSPS) is 18.3. The van der Waals surface area contributed by atoms with Crippen LogP contribution in [-0.2, 0) is 4.74 Å². The molecule has 0 amide bonds. The second-order valence-corrected chi connectivity index (χ2v) is 5.85. The van der Waals surface area contributed by atoms with Gasteiger partial charge in [0.15, 0.2) is 11.5 Å². The number of hydrogen-bond donors (Lipinski definition) is 1. The highest BCUT2D eigenvalue weighted by Gasteiger charge is 2.35. The fraction of sp³-hybridized carbons (Fsp3) is 0.625. The summed E-state index contributed by atoms with van der Waals surface area (Å²) in [5.41, 5.74) is 7.44. The molecule has 1 aliphatic heterocycles. The largest absolute Gasteiger partial charge is 0.493 e. The van der Waals surface area contributed by atoms with Crippen LogP contribution in [0.5, 0.6) is 11.5 Å². The molecule has 1 aromatic rings. The molecule has 0 radical (unpaired) electrons. The van der Waals surface area contributed by atoms with Crippen LogP contribution in [0.3, 0.4) is 0 Å². The second kappa shape index (κ2) is 6.64. The summed E-state index contributed by atoms with van der Waals surface area (Å²) in [5.74, 6) is 1.43. The molecular weight excluding hydrogens is 268 g/mol. The quantitative estimate of drug-likeness (QED) is 0.897. The number of benzene rings is 1. The zero-order chi connectivity index (χ0) is 15.5. The molecule has 2 rings (SSSR count). The van der Waals surface area contributed by atoms with Crippen LogP contribution in [-0.4, -0.2) is 51.0 Å². The van der Waals surface area contributed by atoms with Crippen molar-refractivity contribution in [3.63, 3.8) is 0 Å². The van der Waals surface area contributed by atoms with Gasteiger partial charge in [0.25, 0.3) is 0 Å². The number of hydrogen-bond acceptors (Lipinski definition) is 5. The Bertz CT molecular complexity index is 471. The summed E-state index contributed by atoms with van der Waals surface area (Å²) in [6, 6.07) is 5.76. The van der Waals surface area contributed by atoms with E-state index < -0.39 is 0 Å². The van der Waals surface area contributed by atoms with E-state index in [2.05, 4.69) is 18.7 Å². The predicted octanol–water partition coefficient (Wildman–Crippen LogP) is 1.81. The molecule has 5 nitrogen and oxygen atoms in total. The molecular formula is C16H26N2O3. The van der Waals surface area contributed by atoms with E-state index in [4.69, 9.17) is 19.9 Å². The SMILES string of the molecule is COc1ccc(C(N)C(C)(C)N2CCOCC2)cc1OC. The topological polar surface area (TPSA) is 57.0 Å². The Morgan fingerprint density at radius 2 is 1.76 bits per heavy atom. The lowest BCUT2D eigenvalue weighted by molar-refractivity contribution is -0.0190. The van der Waals surface area contributed by atoms with Crippen molar-refractivity contribution in [1.82, 2.24) is 4.90 Å². The Balaban J connectivity index is 2.23. The van der Waals surface area contributed by atoms with Crippen LogP contribution in [0.25, 0.3) is 0 Å². The molecule has 5 heteroatoms. The molecule has 1 aliphatic rings. The van der Waals surface area contributed by atoms with Gasteiger partial charge in [-0.1, -0.05) is 6.07 Å². The first kappa shape index (κ1) is 16.1. The van der Waals surface area contributed by atoms with Gasteiger partial charge in [-0.3, -0.25) is 4.90 Å². The molecule has 0 aromatic heterocycles. The monoisotopic (exact) mass is 294 g/mol. The van der Waals surface area contributed by atoms with Crippen molar-refractivity contribution < 1.29 is 14.2 Å². The lowest BCUT2D eigenvalue weighted by atomic mass is 9.87. The van der Waals surface area contributed by atoms with Crippen LogP contribution in [0.2, 0.25) is 0 Å².